The van der Waals surface area contributed by atoms with E-state index in [2.05, 4.69) is 15.3 Å². The quantitative estimate of drug-likeness (QED) is 0.695. The molecule has 2 N–H and O–H groups in total. The summed E-state index contributed by atoms with van der Waals surface area (Å²) in [6.45, 7) is 0.402. The summed E-state index contributed by atoms with van der Waals surface area (Å²) >= 11 is 0. The van der Waals surface area contributed by atoms with Crippen LogP contribution in [0.5, 0.6) is 0 Å². The number of rotatable bonds is 7. The molecule has 1 aromatic heterocycles. The van der Waals surface area contributed by atoms with Crippen LogP contribution in [0, 0.1) is 0 Å². The Kier molecular flexibility index (Phi) is 5.49. The zero-order valence-electron chi connectivity index (χ0n) is 13.7. The second kappa shape index (κ2) is 8.17. The highest BCUT2D eigenvalue weighted by Gasteiger charge is 2.17. The van der Waals surface area contributed by atoms with E-state index in [1.54, 1.807) is 12.4 Å². The molecule has 0 aliphatic heterocycles. The predicted octanol–water partition coefficient (Wildman–Crippen LogP) is 2.93. The van der Waals surface area contributed by atoms with Gasteiger partial charge < -0.3 is 5.11 Å². The fourth-order valence-electron chi connectivity index (χ4n) is 2.52. The molecule has 3 rings (SSSR count). The number of nitrogens with one attached hydrogen (secondary N) is 1. The largest absolute Gasteiger partial charge is 0.480 e. The van der Waals surface area contributed by atoms with E-state index in [4.69, 9.17) is 0 Å². The van der Waals surface area contributed by atoms with Crippen LogP contribution in [-0.2, 0) is 17.8 Å². The van der Waals surface area contributed by atoms with Crippen LogP contribution in [0.25, 0.3) is 11.4 Å². The van der Waals surface area contributed by atoms with Gasteiger partial charge in [-0.25, -0.2) is 9.97 Å². The number of hydrogen-bond donors (Lipinski definition) is 2. The molecule has 25 heavy (non-hydrogen) atoms. The molecule has 1 heterocycles. The fourth-order valence-corrected chi connectivity index (χ4v) is 2.52. The Morgan fingerprint density at radius 2 is 1.52 bits per heavy atom. The number of nitrogens with zero attached hydrogens (tertiary/aromatic N) is 2. The van der Waals surface area contributed by atoms with Gasteiger partial charge in [0.2, 0.25) is 0 Å². The van der Waals surface area contributed by atoms with Crippen molar-refractivity contribution in [3.8, 4) is 11.4 Å². The monoisotopic (exact) mass is 333 g/mol. The molecule has 5 nitrogen and oxygen atoms in total. The second-order valence-corrected chi connectivity index (χ2v) is 5.74. The number of carboxylic acids is 1. The van der Waals surface area contributed by atoms with E-state index in [0.717, 1.165) is 16.7 Å². The lowest BCUT2D eigenvalue weighted by Crippen LogP contribution is -2.38. The summed E-state index contributed by atoms with van der Waals surface area (Å²) in [5, 5.41) is 12.5. The van der Waals surface area contributed by atoms with Gasteiger partial charge in [0.05, 0.1) is 0 Å². The van der Waals surface area contributed by atoms with Crippen LogP contribution >= 0.6 is 0 Å². The molecule has 0 aliphatic rings. The van der Waals surface area contributed by atoms with Crippen LogP contribution < -0.4 is 5.32 Å². The topological polar surface area (TPSA) is 75.1 Å². The highest BCUT2D eigenvalue weighted by atomic mass is 16.4. The van der Waals surface area contributed by atoms with E-state index < -0.39 is 12.0 Å². The highest BCUT2D eigenvalue weighted by molar-refractivity contribution is 5.73. The zero-order valence-corrected chi connectivity index (χ0v) is 13.7. The number of carboxylic acid groups (broad SMARTS) is 1. The average molecular weight is 333 g/mol. The van der Waals surface area contributed by atoms with Gasteiger partial charge >= 0.3 is 5.97 Å². The van der Waals surface area contributed by atoms with E-state index in [1.165, 1.54) is 0 Å². The molecule has 0 saturated carbocycles. The summed E-state index contributed by atoms with van der Waals surface area (Å²) in [4.78, 5) is 20.2. The molecule has 1 atom stereocenters. The summed E-state index contributed by atoms with van der Waals surface area (Å²) in [5.41, 5.74) is 2.78. The van der Waals surface area contributed by atoms with E-state index in [9.17, 15) is 9.90 Å². The Hall–Kier alpha value is -3.05. The zero-order chi connectivity index (χ0) is 17.5. The third-order valence-corrected chi connectivity index (χ3v) is 3.87. The first-order valence-electron chi connectivity index (χ1n) is 8.09. The maximum atomic E-state index is 11.5. The maximum Gasteiger partial charge on any atom is 0.321 e. The second-order valence-electron chi connectivity index (χ2n) is 5.74. The Morgan fingerprint density at radius 3 is 2.12 bits per heavy atom. The molecule has 3 aromatic rings. The SMILES string of the molecule is O=C(O)[C@H](Cc1ccccc1)NCc1cnc(-c2ccccc2)nc1. The summed E-state index contributed by atoms with van der Waals surface area (Å²) in [6, 6.07) is 18.7. The van der Waals surface area contributed by atoms with Gasteiger partial charge in [-0.15, -0.1) is 0 Å². The van der Waals surface area contributed by atoms with E-state index in [-0.39, 0.29) is 0 Å². The minimum atomic E-state index is -0.870. The maximum absolute atomic E-state index is 11.5. The van der Waals surface area contributed by atoms with Crippen LogP contribution in [0.15, 0.2) is 73.1 Å². The molecule has 0 aliphatic carbocycles. The fraction of sp³-hybridized carbons (Fsp3) is 0.150. The molecule has 5 heteroatoms. The van der Waals surface area contributed by atoms with E-state index in [1.807, 2.05) is 60.7 Å². The Labute approximate surface area is 146 Å². The minimum Gasteiger partial charge on any atom is -0.480 e. The molecule has 0 unspecified atom stereocenters. The van der Waals surface area contributed by atoms with Crippen LogP contribution in [0.1, 0.15) is 11.1 Å². The lowest BCUT2D eigenvalue weighted by Gasteiger charge is -2.14. The van der Waals surface area contributed by atoms with Gasteiger partial charge in [0.1, 0.15) is 6.04 Å². The van der Waals surface area contributed by atoms with Crippen LogP contribution in [0.3, 0.4) is 0 Å². The van der Waals surface area contributed by atoms with Crippen molar-refractivity contribution in [1.29, 1.82) is 0 Å². The summed E-state index contributed by atoms with van der Waals surface area (Å²) < 4.78 is 0. The van der Waals surface area contributed by atoms with Gasteiger partial charge in [-0.3, -0.25) is 10.1 Å². The van der Waals surface area contributed by atoms with Gasteiger partial charge in [0.25, 0.3) is 0 Å². The van der Waals surface area contributed by atoms with Crippen molar-refractivity contribution >= 4 is 5.97 Å². The number of aliphatic carboxylic acids is 1. The third-order valence-electron chi connectivity index (χ3n) is 3.87. The lowest BCUT2D eigenvalue weighted by atomic mass is 10.1. The van der Waals surface area contributed by atoms with Gasteiger partial charge in [0, 0.05) is 30.1 Å². The first-order valence-corrected chi connectivity index (χ1v) is 8.09. The normalized spacial score (nSPS) is 11.8. The smallest absolute Gasteiger partial charge is 0.321 e. The van der Waals surface area contributed by atoms with Gasteiger partial charge in [-0.05, 0) is 12.0 Å². The first kappa shape index (κ1) is 16.8. The van der Waals surface area contributed by atoms with Crippen molar-refractivity contribution in [3.63, 3.8) is 0 Å². The molecule has 0 saturated heterocycles. The molecular formula is C20H19N3O2. The number of benzene rings is 2. The molecule has 0 bridgehead atoms. The minimum absolute atomic E-state index is 0.402. The molecule has 2 aromatic carbocycles. The summed E-state index contributed by atoms with van der Waals surface area (Å²) in [6.07, 6.45) is 3.88. The van der Waals surface area contributed by atoms with Crippen molar-refractivity contribution in [1.82, 2.24) is 15.3 Å². The van der Waals surface area contributed by atoms with Crippen LogP contribution in [-0.4, -0.2) is 27.1 Å². The van der Waals surface area contributed by atoms with E-state index >= 15 is 0 Å². The molecule has 126 valence electrons. The molecule has 0 amide bonds. The van der Waals surface area contributed by atoms with Crippen molar-refractivity contribution in [2.75, 3.05) is 0 Å². The predicted molar refractivity (Wildman–Crippen MR) is 95.9 cm³/mol. The summed E-state index contributed by atoms with van der Waals surface area (Å²) in [5.74, 6) is -0.214. The lowest BCUT2D eigenvalue weighted by molar-refractivity contribution is -0.139. The Balaban J connectivity index is 1.62. The van der Waals surface area contributed by atoms with Gasteiger partial charge in [-0.2, -0.15) is 0 Å². The average Bonchev–Trinajstić information content (AvgIpc) is 2.67. The molecule has 0 radical (unpaired) electrons. The van der Waals surface area contributed by atoms with E-state index in [0.29, 0.717) is 18.8 Å². The summed E-state index contributed by atoms with van der Waals surface area (Å²) in [7, 11) is 0. The molecular weight excluding hydrogens is 314 g/mol. The molecule has 0 fully saturated rings. The highest BCUT2D eigenvalue weighted by Crippen LogP contribution is 2.13. The van der Waals surface area contributed by atoms with Gasteiger partial charge in [-0.1, -0.05) is 60.7 Å². The molecule has 0 spiro atoms. The van der Waals surface area contributed by atoms with Crippen molar-refractivity contribution in [3.05, 3.63) is 84.2 Å². The Bertz CT molecular complexity index is 805. The Morgan fingerprint density at radius 1 is 0.920 bits per heavy atom. The first-order chi connectivity index (χ1) is 12.2. The number of carbonyl (C=O) groups is 1. The van der Waals surface area contributed by atoms with Crippen LogP contribution in [0.4, 0.5) is 0 Å². The standard InChI is InChI=1S/C20H19N3O2/c24-20(25)18(11-15-7-3-1-4-8-15)21-12-16-13-22-19(23-14-16)17-9-5-2-6-10-17/h1-10,13-14,18,21H,11-12H2,(H,24,25)/t18-/m0/s1. The third kappa shape index (κ3) is 4.71. The van der Waals surface area contributed by atoms with Gasteiger partial charge in [0.15, 0.2) is 5.82 Å². The number of hydrogen-bond acceptors (Lipinski definition) is 4. The number of aromatic nitrogens is 2. The van der Waals surface area contributed by atoms with Crippen molar-refractivity contribution in [2.24, 2.45) is 0 Å². The van der Waals surface area contributed by atoms with Crippen LogP contribution in [0.2, 0.25) is 0 Å². The van der Waals surface area contributed by atoms with Crippen molar-refractivity contribution < 1.29 is 9.90 Å². The van der Waals surface area contributed by atoms with Crippen molar-refractivity contribution in [2.45, 2.75) is 19.0 Å².